The number of carbonyl (C=O) groups excluding carboxylic acids is 1. The largest absolute Gasteiger partial charge is 0.394 e. The first-order valence-electron chi connectivity index (χ1n) is 6.98. The van der Waals surface area contributed by atoms with Crippen molar-refractivity contribution in [2.45, 2.75) is 39.2 Å². The van der Waals surface area contributed by atoms with Crippen LogP contribution in [0.4, 0.5) is 0 Å². The molecule has 1 N–H and O–H groups in total. The van der Waals surface area contributed by atoms with Crippen LogP contribution in [0.5, 0.6) is 0 Å². The van der Waals surface area contributed by atoms with Crippen molar-refractivity contribution in [2.75, 3.05) is 32.8 Å². The maximum Gasteiger partial charge on any atom is 0.137 e. The Hall–Kier alpha value is -0.450. The van der Waals surface area contributed by atoms with Crippen molar-refractivity contribution in [1.82, 2.24) is 4.90 Å². The minimum Gasteiger partial charge on any atom is -0.394 e. The van der Waals surface area contributed by atoms with E-state index in [1.54, 1.807) is 0 Å². The van der Waals surface area contributed by atoms with Crippen LogP contribution in [0.15, 0.2) is 0 Å². The molecule has 2 atom stereocenters. The Labute approximate surface area is 109 Å². The van der Waals surface area contributed by atoms with E-state index in [1.165, 1.54) is 0 Å². The lowest BCUT2D eigenvalue weighted by Gasteiger charge is -2.39. The number of ether oxygens (including phenoxy) is 1. The lowest BCUT2D eigenvalue weighted by atomic mass is 9.71. The topological polar surface area (TPSA) is 49.8 Å². The number of aliphatic hydroxyl groups is 1. The molecule has 0 amide bonds. The fourth-order valence-electron chi connectivity index (χ4n) is 3.08. The second-order valence-corrected chi connectivity index (χ2v) is 6.47. The first-order chi connectivity index (χ1) is 8.50. The highest BCUT2D eigenvalue weighted by Crippen LogP contribution is 2.37. The van der Waals surface area contributed by atoms with Crippen LogP contribution in [-0.2, 0) is 9.53 Å². The van der Waals surface area contributed by atoms with Crippen molar-refractivity contribution in [1.29, 1.82) is 0 Å². The predicted molar refractivity (Wildman–Crippen MR) is 69.4 cm³/mol. The third-order valence-corrected chi connectivity index (χ3v) is 4.21. The summed E-state index contributed by atoms with van der Waals surface area (Å²) in [7, 11) is 0. The van der Waals surface area contributed by atoms with E-state index in [-0.39, 0.29) is 18.6 Å². The molecule has 0 bridgehead atoms. The van der Waals surface area contributed by atoms with Crippen LogP contribution in [0, 0.1) is 11.3 Å². The van der Waals surface area contributed by atoms with Crippen molar-refractivity contribution in [2.24, 2.45) is 11.3 Å². The third kappa shape index (κ3) is 3.53. The molecule has 4 heteroatoms. The maximum absolute atomic E-state index is 12.0. The molecule has 2 unspecified atom stereocenters. The van der Waals surface area contributed by atoms with Gasteiger partial charge in [0.25, 0.3) is 0 Å². The van der Waals surface area contributed by atoms with E-state index in [2.05, 4.69) is 18.7 Å². The fourth-order valence-corrected chi connectivity index (χ4v) is 3.08. The number of rotatable bonds is 3. The summed E-state index contributed by atoms with van der Waals surface area (Å²) in [5.41, 5.74) is 0.293. The van der Waals surface area contributed by atoms with Gasteiger partial charge in [-0.1, -0.05) is 13.8 Å². The number of hydrogen-bond acceptors (Lipinski definition) is 4. The molecule has 0 aromatic heterocycles. The van der Waals surface area contributed by atoms with Gasteiger partial charge in [0.2, 0.25) is 0 Å². The van der Waals surface area contributed by atoms with Crippen LogP contribution in [0.3, 0.4) is 0 Å². The zero-order chi connectivity index (χ0) is 13.2. The quantitative estimate of drug-likeness (QED) is 0.819. The van der Waals surface area contributed by atoms with Crippen molar-refractivity contribution in [3.63, 3.8) is 0 Å². The number of carbonyl (C=O) groups is 1. The van der Waals surface area contributed by atoms with Gasteiger partial charge < -0.3 is 9.84 Å². The summed E-state index contributed by atoms with van der Waals surface area (Å²) in [5, 5.41) is 9.13. The van der Waals surface area contributed by atoms with Crippen LogP contribution in [0.1, 0.15) is 33.1 Å². The highest BCUT2D eigenvalue weighted by atomic mass is 16.5. The molecule has 18 heavy (non-hydrogen) atoms. The van der Waals surface area contributed by atoms with E-state index < -0.39 is 0 Å². The Balaban J connectivity index is 1.89. The summed E-state index contributed by atoms with van der Waals surface area (Å²) in [4.78, 5) is 14.3. The van der Waals surface area contributed by atoms with E-state index in [1.807, 2.05) is 0 Å². The molecule has 2 rings (SSSR count). The van der Waals surface area contributed by atoms with Crippen molar-refractivity contribution < 1.29 is 14.6 Å². The van der Waals surface area contributed by atoms with Gasteiger partial charge in [0.15, 0.2) is 0 Å². The Morgan fingerprint density at radius 1 is 1.50 bits per heavy atom. The molecule has 0 aromatic rings. The minimum atomic E-state index is -0.0783. The average molecular weight is 255 g/mol. The molecule has 1 saturated carbocycles. The first-order valence-corrected chi connectivity index (χ1v) is 6.98. The van der Waals surface area contributed by atoms with Crippen molar-refractivity contribution in [3.8, 4) is 0 Å². The Bertz CT molecular complexity index is 303. The molecule has 0 radical (unpaired) electrons. The summed E-state index contributed by atoms with van der Waals surface area (Å²) in [6.45, 7) is 7.70. The lowest BCUT2D eigenvalue weighted by Crippen LogP contribution is -2.48. The van der Waals surface area contributed by atoms with Gasteiger partial charge in [-0.05, 0) is 18.3 Å². The van der Waals surface area contributed by atoms with Crippen LogP contribution in [-0.4, -0.2) is 54.7 Å². The van der Waals surface area contributed by atoms with Gasteiger partial charge in [0.1, 0.15) is 5.78 Å². The molecule has 0 spiro atoms. The van der Waals surface area contributed by atoms with E-state index in [4.69, 9.17) is 9.84 Å². The second-order valence-electron chi connectivity index (χ2n) is 6.47. The van der Waals surface area contributed by atoms with E-state index in [0.717, 1.165) is 38.9 Å². The molecule has 2 aliphatic rings. The van der Waals surface area contributed by atoms with E-state index >= 15 is 0 Å². The minimum absolute atomic E-state index is 0.0700. The monoisotopic (exact) mass is 255 g/mol. The molecule has 1 heterocycles. The third-order valence-electron chi connectivity index (χ3n) is 4.21. The first kappa shape index (κ1) is 14.0. The SMILES string of the molecule is CC1(C)CCC(=O)C(CN2CCOC(CO)C2)C1. The zero-order valence-corrected chi connectivity index (χ0v) is 11.5. The normalized spacial score (nSPS) is 33.6. The highest BCUT2D eigenvalue weighted by Gasteiger charge is 2.35. The van der Waals surface area contributed by atoms with E-state index in [9.17, 15) is 4.79 Å². The summed E-state index contributed by atoms with van der Waals surface area (Å²) in [6.07, 6.45) is 2.66. The van der Waals surface area contributed by atoms with Crippen LogP contribution >= 0.6 is 0 Å². The van der Waals surface area contributed by atoms with Gasteiger partial charge in [-0.25, -0.2) is 0 Å². The van der Waals surface area contributed by atoms with Gasteiger partial charge >= 0.3 is 0 Å². The molecule has 1 aliphatic heterocycles. The van der Waals surface area contributed by atoms with Gasteiger partial charge in [-0.3, -0.25) is 9.69 Å². The standard InChI is InChI=1S/C14H25NO3/c1-14(2)4-3-13(17)11(7-14)8-15-5-6-18-12(9-15)10-16/h11-12,16H,3-10H2,1-2H3. The van der Waals surface area contributed by atoms with Crippen molar-refractivity contribution >= 4 is 5.78 Å². The van der Waals surface area contributed by atoms with Gasteiger partial charge in [-0.15, -0.1) is 0 Å². The molecule has 4 nitrogen and oxygen atoms in total. The molecule has 1 aliphatic carbocycles. The Kier molecular flexibility index (Phi) is 4.41. The molecular formula is C14H25NO3. The van der Waals surface area contributed by atoms with Gasteiger partial charge in [-0.2, -0.15) is 0 Å². The van der Waals surface area contributed by atoms with Gasteiger partial charge in [0, 0.05) is 32.0 Å². The summed E-state index contributed by atoms with van der Waals surface area (Å²) in [5.74, 6) is 0.590. The second kappa shape index (κ2) is 5.68. The summed E-state index contributed by atoms with van der Waals surface area (Å²) >= 11 is 0. The Morgan fingerprint density at radius 2 is 2.28 bits per heavy atom. The number of nitrogens with zero attached hydrogens (tertiary/aromatic N) is 1. The molecular weight excluding hydrogens is 230 g/mol. The zero-order valence-electron chi connectivity index (χ0n) is 11.5. The summed E-state index contributed by atoms with van der Waals surface area (Å²) in [6, 6.07) is 0. The van der Waals surface area contributed by atoms with Crippen molar-refractivity contribution in [3.05, 3.63) is 0 Å². The maximum atomic E-state index is 12.0. The highest BCUT2D eigenvalue weighted by molar-refractivity contribution is 5.82. The van der Waals surface area contributed by atoms with E-state index in [0.29, 0.717) is 17.8 Å². The Morgan fingerprint density at radius 3 is 3.00 bits per heavy atom. The molecule has 1 saturated heterocycles. The van der Waals surface area contributed by atoms with Crippen LogP contribution in [0.25, 0.3) is 0 Å². The molecule has 0 aromatic carbocycles. The lowest BCUT2D eigenvalue weighted by molar-refractivity contribution is -0.129. The number of aliphatic hydroxyl groups excluding tert-OH is 1. The van der Waals surface area contributed by atoms with Crippen LogP contribution in [0.2, 0.25) is 0 Å². The van der Waals surface area contributed by atoms with Gasteiger partial charge in [0.05, 0.1) is 19.3 Å². The number of hydrogen-bond donors (Lipinski definition) is 1. The number of Topliss-reactive ketones (excluding diaryl/α,β-unsaturated/α-hetero) is 1. The predicted octanol–water partition coefficient (Wildman–Crippen LogP) is 1.07. The average Bonchev–Trinajstić information content (AvgIpc) is 2.34. The number of morpholine rings is 1. The summed E-state index contributed by atoms with van der Waals surface area (Å²) < 4.78 is 5.44. The fraction of sp³-hybridized carbons (Fsp3) is 0.929. The number of ketones is 1. The molecule has 104 valence electrons. The van der Waals surface area contributed by atoms with Crippen LogP contribution < -0.4 is 0 Å². The smallest absolute Gasteiger partial charge is 0.137 e. The molecule has 2 fully saturated rings.